The van der Waals surface area contributed by atoms with E-state index in [0.29, 0.717) is 0 Å². The Hall–Kier alpha value is -1.89. The van der Waals surface area contributed by atoms with E-state index in [1.807, 2.05) is 18.2 Å². The van der Waals surface area contributed by atoms with Crippen LogP contribution in [-0.2, 0) is 19.4 Å². The number of nitrogens with one attached hydrogen (secondary N) is 2. The standard InChI is InChI=1S/C21H23ClN4OS/c22-15-6-2-3-7-16(15)26-11-9-25(10-12-26)13-18-23-20(27)19-14-5-1-4-8-17(14)28-21(19)24-18/h2-3,6-7H,1,4-5,8-13H2,(H,23,24,27)/p+1. The molecular formula is C21H24ClN4OS+. The third kappa shape index (κ3) is 3.34. The van der Waals surface area contributed by atoms with Gasteiger partial charge in [-0.25, -0.2) is 4.98 Å². The molecule has 2 N–H and O–H groups in total. The van der Waals surface area contributed by atoms with Crippen LogP contribution >= 0.6 is 22.9 Å². The van der Waals surface area contributed by atoms with E-state index in [9.17, 15) is 4.79 Å². The lowest BCUT2D eigenvalue weighted by molar-refractivity contribution is -0.915. The van der Waals surface area contributed by atoms with Crippen molar-refractivity contribution in [2.75, 3.05) is 31.1 Å². The second kappa shape index (κ2) is 7.50. The normalized spacial score (nSPS) is 17.8. The van der Waals surface area contributed by atoms with Gasteiger partial charge in [0.25, 0.3) is 5.56 Å². The molecule has 1 aromatic carbocycles. The van der Waals surface area contributed by atoms with Crippen molar-refractivity contribution in [3.05, 3.63) is 55.9 Å². The molecule has 2 aliphatic rings. The molecule has 0 saturated carbocycles. The smallest absolute Gasteiger partial charge is 0.260 e. The molecule has 7 heteroatoms. The van der Waals surface area contributed by atoms with E-state index in [-0.39, 0.29) is 5.56 Å². The Morgan fingerprint density at radius 3 is 2.79 bits per heavy atom. The monoisotopic (exact) mass is 415 g/mol. The van der Waals surface area contributed by atoms with E-state index in [1.165, 1.54) is 28.2 Å². The lowest BCUT2D eigenvalue weighted by Gasteiger charge is -2.33. The Labute approximate surface area is 173 Å². The number of aryl methyl sites for hydroxylation is 2. The molecule has 0 amide bonds. The van der Waals surface area contributed by atoms with Gasteiger partial charge in [0.05, 0.1) is 42.3 Å². The zero-order chi connectivity index (χ0) is 19.1. The Kier molecular flexibility index (Phi) is 4.87. The number of rotatable bonds is 3. The SMILES string of the molecule is O=c1[nH]c(C[NH+]2CCN(c3ccccc3Cl)CC2)nc2sc3c(c12)CCCC3. The van der Waals surface area contributed by atoms with Gasteiger partial charge >= 0.3 is 0 Å². The topological polar surface area (TPSA) is 53.4 Å². The quantitative estimate of drug-likeness (QED) is 0.690. The molecule has 0 atom stereocenters. The zero-order valence-corrected chi connectivity index (χ0v) is 17.3. The molecule has 3 heterocycles. The highest BCUT2D eigenvalue weighted by molar-refractivity contribution is 7.18. The predicted octanol–water partition coefficient (Wildman–Crippen LogP) is 2.42. The molecule has 5 rings (SSSR count). The maximum absolute atomic E-state index is 12.7. The summed E-state index contributed by atoms with van der Waals surface area (Å²) in [7, 11) is 0. The van der Waals surface area contributed by atoms with Crippen LogP contribution in [0.2, 0.25) is 5.02 Å². The van der Waals surface area contributed by atoms with Crippen LogP contribution in [0.4, 0.5) is 5.69 Å². The van der Waals surface area contributed by atoms with Gasteiger partial charge in [-0.3, -0.25) is 4.79 Å². The molecule has 5 nitrogen and oxygen atoms in total. The van der Waals surface area contributed by atoms with Gasteiger partial charge in [-0.15, -0.1) is 11.3 Å². The molecule has 28 heavy (non-hydrogen) atoms. The zero-order valence-electron chi connectivity index (χ0n) is 15.8. The Balaban J connectivity index is 1.31. The number of halogens is 1. The van der Waals surface area contributed by atoms with Gasteiger partial charge in [-0.05, 0) is 43.4 Å². The van der Waals surface area contributed by atoms with Crippen molar-refractivity contribution in [1.29, 1.82) is 0 Å². The van der Waals surface area contributed by atoms with Crippen molar-refractivity contribution >= 4 is 38.8 Å². The number of piperazine rings is 1. The molecule has 0 radical (unpaired) electrons. The highest BCUT2D eigenvalue weighted by atomic mass is 35.5. The number of para-hydroxylation sites is 1. The highest BCUT2D eigenvalue weighted by Gasteiger charge is 2.24. The van der Waals surface area contributed by atoms with Crippen molar-refractivity contribution in [3.8, 4) is 0 Å². The number of benzene rings is 1. The summed E-state index contributed by atoms with van der Waals surface area (Å²) in [5, 5.41) is 1.66. The molecule has 3 aromatic rings. The Morgan fingerprint density at radius 1 is 1.18 bits per heavy atom. The maximum atomic E-state index is 12.7. The number of thiophene rings is 1. The van der Waals surface area contributed by atoms with Crippen molar-refractivity contribution < 1.29 is 4.90 Å². The van der Waals surface area contributed by atoms with E-state index in [1.54, 1.807) is 11.3 Å². The molecule has 0 bridgehead atoms. The van der Waals surface area contributed by atoms with Crippen molar-refractivity contribution in [2.45, 2.75) is 32.2 Å². The average molecular weight is 416 g/mol. The predicted molar refractivity (Wildman–Crippen MR) is 115 cm³/mol. The fourth-order valence-electron chi connectivity index (χ4n) is 4.48. The minimum atomic E-state index is 0.0495. The van der Waals surface area contributed by atoms with Crippen LogP contribution < -0.4 is 15.4 Å². The molecule has 1 fully saturated rings. The highest BCUT2D eigenvalue weighted by Crippen LogP contribution is 2.33. The van der Waals surface area contributed by atoms with Crippen LogP contribution in [-0.4, -0.2) is 36.1 Å². The number of hydrogen-bond donors (Lipinski definition) is 2. The van der Waals surface area contributed by atoms with Crippen molar-refractivity contribution in [1.82, 2.24) is 9.97 Å². The number of hydrogen-bond acceptors (Lipinski definition) is 4. The van der Waals surface area contributed by atoms with Gasteiger partial charge in [-0.2, -0.15) is 0 Å². The third-order valence-electron chi connectivity index (χ3n) is 5.96. The summed E-state index contributed by atoms with van der Waals surface area (Å²) in [6, 6.07) is 8.03. The first kappa shape index (κ1) is 18.2. The van der Waals surface area contributed by atoms with Gasteiger partial charge in [0.15, 0.2) is 5.82 Å². The molecule has 0 spiro atoms. The van der Waals surface area contributed by atoms with Crippen LogP contribution in [0, 0.1) is 0 Å². The molecular weight excluding hydrogens is 392 g/mol. The van der Waals surface area contributed by atoms with Crippen LogP contribution in [0.5, 0.6) is 0 Å². The van der Waals surface area contributed by atoms with E-state index >= 15 is 0 Å². The second-order valence-corrected chi connectivity index (χ2v) is 9.26. The van der Waals surface area contributed by atoms with Crippen LogP contribution in [0.15, 0.2) is 29.1 Å². The summed E-state index contributed by atoms with van der Waals surface area (Å²) in [5.74, 6) is 0.817. The lowest BCUT2D eigenvalue weighted by Crippen LogP contribution is -3.13. The second-order valence-electron chi connectivity index (χ2n) is 7.77. The Morgan fingerprint density at radius 2 is 1.96 bits per heavy atom. The van der Waals surface area contributed by atoms with E-state index in [0.717, 1.165) is 72.3 Å². The molecule has 146 valence electrons. The summed E-state index contributed by atoms with van der Waals surface area (Å²) in [5.41, 5.74) is 2.42. The molecule has 1 saturated heterocycles. The van der Waals surface area contributed by atoms with Crippen LogP contribution in [0.25, 0.3) is 10.2 Å². The van der Waals surface area contributed by atoms with Gasteiger partial charge in [0.2, 0.25) is 0 Å². The average Bonchev–Trinajstić information content (AvgIpc) is 3.08. The number of nitrogens with zero attached hydrogens (tertiary/aromatic N) is 2. The third-order valence-corrected chi connectivity index (χ3v) is 7.46. The number of anilines is 1. The summed E-state index contributed by atoms with van der Waals surface area (Å²) in [6.45, 7) is 4.70. The van der Waals surface area contributed by atoms with E-state index < -0.39 is 0 Å². The molecule has 1 aliphatic heterocycles. The minimum Gasteiger partial charge on any atom is -0.359 e. The van der Waals surface area contributed by atoms with E-state index in [2.05, 4.69) is 16.0 Å². The van der Waals surface area contributed by atoms with Gasteiger partial charge < -0.3 is 14.8 Å². The lowest BCUT2D eigenvalue weighted by atomic mass is 9.97. The largest absolute Gasteiger partial charge is 0.359 e. The number of aromatic nitrogens is 2. The first-order chi connectivity index (χ1) is 13.7. The molecule has 1 aliphatic carbocycles. The minimum absolute atomic E-state index is 0.0495. The summed E-state index contributed by atoms with van der Waals surface area (Å²) in [4.78, 5) is 26.7. The van der Waals surface area contributed by atoms with Gasteiger partial charge in [-0.1, -0.05) is 23.7 Å². The Bertz CT molecular complexity index is 1070. The van der Waals surface area contributed by atoms with Crippen LogP contribution in [0.1, 0.15) is 29.1 Å². The summed E-state index contributed by atoms with van der Waals surface area (Å²) < 4.78 is 0. The van der Waals surface area contributed by atoms with Crippen molar-refractivity contribution in [2.24, 2.45) is 0 Å². The molecule has 0 unspecified atom stereocenters. The maximum Gasteiger partial charge on any atom is 0.260 e. The van der Waals surface area contributed by atoms with Crippen molar-refractivity contribution in [3.63, 3.8) is 0 Å². The number of aromatic amines is 1. The summed E-state index contributed by atoms with van der Waals surface area (Å²) in [6.07, 6.45) is 4.53. The van der Waals surface area contributed by atoms with Gasteiger partial charge in [0.1, 0.15) is 11.4 Å². The summed E-state index contributed by atoms with van der Waals surface area (Å²) >= 11 is 8.07. The van der Waals surface area contributed by atoms with E-state index in [4.69, 9.17) is 16.6 Å². The molecule has 2 aromatic heterocycles. The number of quaternary nitrogens is 1. The first-order valence-electron chi connectivity index (χ1n) is 10.1. The fraction of sp³-hybridized carbons (Fsp3) is 0.429. The fourth-order valence-corrected chi connectivity index (χ4v) is 6.01. The van der Waals surface area contributed by atoms with Crippen LogP contribution in [0.3, 0.4) is 0 Å². The number of H-pyrrole nitrogens is 1. The number of fused-ring (bicyclic) bond motifs is 3. The first-order valence-corrected chi connectivity index (χ1v) is 11.2. The van der Waals surface area contributed by atoms with Gasteiger partial charge in [0, 0.05) is 4.88 Å².